The molecule has 2 unspecified atom stereocenters. The number of hydrogen-bond acceptors (Lipinski definition) is 2. The summed E-state index contributed by atoms with van der Waals surface area (Å²) in [5, 5.41) is 0. The fourth-order valence-corrected chi connectivity index (χ4v) is 3.33. The summed E-state index contributed by atoms with van der Waals surface area (Å²) in [4.78, 5) is 0. The van der Waals surface area contributed by atoms with Gasteiger partial charge in [0, 0.05) is 5.92 Å². The highest BCUT2D eigenvalue weighted by Gasteiger charge is 2.27. The van der Waals surface area contributed by atoms with Gasteiger partial charge in [0.1, 0.15) is 11.5 Å². The van der Waals surface area contributed by atoms with Gasteiger partial charge in [0.15, 0.2) is 0 Å². The Bertz CT molecular complexity index is 683. The van der Waals surface area contributed by atoms with Gasteiger partial charge in [0.2, 0.25) is 6.29 Å². The van der Waals surface area contributed by atoms with Crippen molar-refractivity contribution >= 4 is 0 Å². The highest BCUT2D eigenvalue weighted by atomic mass is 16.7. The zero-order chi connectivity index (χ0) is 20.0. The van der Waals surface area contributed by atoms with Crippen LogP contribution < -0.4 is 9.47 Å². The van der Waals surface area contributed by atoms with Gasteiger partial charge in [0.05, 0.1) is 0 Å². The molecule has 0 spiro atoms. The first-order valence-corrected chi connectivity index (χ1v) is 10.1. The quantitative estimate of drug-likeness (QED) is 0.455. The summed E-state index contributed by atoms with van der Waals surface area (Å²) in [6.07, 6.45) is 0.849. The lowest BCUT2D eigenvalue weighted by molar-refractivity contribution is -0.0298. The molecule has 0 saturated heterocycles. The molecule has 0 N–H and O–H groups in total. The minimum Gasteiger partial charge on any atom is -0.455 e. The lowest BCUT2D eigenvalue weighted by atomic mass is 9.72. The van der Waals surface area contributed by atoms with Gasteiger partial charge in [-0.25, -0.2) is 0 Å². The predicted octanol–water partition coefficient (Wildman–Crippen LogP) is 7.30. The Balaban J connectivity index is 2.21. The van der Waals surface area contributed by atoms with Crippen LogP contribution in [0.3, 0.4) is 0 Å². The van der Waals surface area contributed by atoms with Crippen molar-refractivity contribution in [1.29, 1.82) is 0 Å². The largest absolute Gasteiger partial charge is 0.455 e. The number of rotatable bonds is 8. The van der Waals surface area contributed by atoms with Gasteiger partial charge < -0.3 is 9.47 Å². The van der Waals surface area contributed by atoms with Crippen molar-refractivity contribution < 1.29 is 9.47 Å². The predicted molar refractivity (Wildman–Crippen MR) is 114 cm³/mol. The molecule has 0 amide bonds. The van der Waals surface area contributed by atoms with E-state index in [4.69, 9.17) is 9.47 Å². The summed E-state index contributed by atoms with van der Waals surface area (Å²) in [6, 6.07) is 18.4. The zero-order valence-electron chi connectivity index (χ0n) is 18.0. The first-order valence-electron chi connectivity index (χ1n) is 10.1. The van der Waals surface area contributed by atoms with Crippen molar-refractivity contribution in [3.8, 4) is 11.5 Å². The van der Waals surface area contributed by atoms with Crippen LogP contribution >= 0.6 is 0 Å². The van der Waals surface area contributed by atoms with Crippen LogP contribution in [0.25, 0.3) is 0 Å². The minimum absolute atomic E-state index is 0.209. The Labute approximate surface area is 165 Å². The fraction of sp³-hybridized carbons (Fsp3) is 0.520. The zero-order valence-corrected chi connectivity index (χ0v) is 18.0. The van der Waals surface area contributed by atoms with E-state index in [1.807, 2.05) is 36.4 Å². The normalized spacial score (nSPS) is 14.3. The van der Waals surface area contributed by atoms with E-state index in [-0.39, 0.29) is 17.6 Å². The first kappa shape index (κ1) is 21.3. The lowest BCUT2D eigenvalue weighted by Gasteiger charge is -2.33. The number of benzene rings is 2. The van der Waals surface area contributed by atoms with Crippen LogP contribution in [0.4, 0.5) is 0 Å². The Morgan fingerprint density at radius 2 is 1.37 bits per heavy atom. The standard InChI is InChI=1S/C25H36O2/c1-18(2)16-23(25(5,6)7)20-12-11-15-22(17-20)27-24(19(3)4)26-21-13-9-8-10-14-21/h8-15,17-19,23-24H,16H2,1-7H3. The van der Waals surface area contributed by atoms with E-state index in [1.165, 1.54) is 12.0 Å². The topological polar surface area (TPSA) is 18.5 Å². The summed E-state index contributed by atoms with van der Waals surface area (Å²) in [6.45, 7) is 15.8. The molecule has 2 atom stereocenters. The Morgan fingerprint density at radius 1 is 0.778 bits per heavy atom. The number of ether oxygens (including phenoxy) is 2. The SMILES string of the molecule is CC(C)CC(c1cccc(OC(Oc2ccccc2)C(C)C)c1)C(C)(C)C. The molecule has 0 saturated carbocycles. The van der Waals surface area contributed by atoms with Gasteiger partial charge in [-0.05, 0) is 53.5 Å². The van der Waals surface area contributed by atoms with Gasteiger partial charge in [-0.3, -0.25) is 0 Å². The summed E-state index contributed by atoms with van der Waals surface area (Å²) in [5.74, 6) is 3.10. The third-order valence-electron chi connectivity index (χ3n) is 4.80. The van der Waals surface area contributed by atoms with Crippen molar-refractivity contribution in [1.82, 2.24) is 0 Å². The maximum atomic E-state index is 6.27. The molecule has 0 aliphatic carbocycles. The maximum Gasteiger partial charge on any atom is 0.243 e. The Hall–Kier alpha value is -1.96. The first-order chi connectivity index (χ1) is 12.7. The summed E-state index contributed by atoms with van der Waals surface area (Å²) >= 11 is 0. The molecule has 2 heteroatoms. The maximum absolute atomic E-state index is 6.27. The number of para-hydroxylation sites is 1. The Kier molecular flexibility index (Phi) is 7.35. The average Bonchev–Trinajstić information content (AvgIpc) is 2.59. The van der Waals surface area contributed by atoms with E-state index in [1.54, 1.807) is 0 Å². The highest BCUT2D eigenvalue weighted by Crippen LogP contribution is 2.40. The van der Waals surface area contributed by atoms with Gasteiger partial charge in [-0.2, -0.15) is 0 Å². The average molecular weight is 369 g/mol. The smallest absolute Gasteiger partial charge is 0.243 e. The fourth-order valence-electron chi connectivity index (χ4n) is 3.33. The summed E-state index contributed by atoms with van der Waals surface area (Å²) in [7, 11) is 0. The second kappa shape index (κ2) is 9.30. The van der Waals surface area contributed by atoms with E-state index in [0.717, 1.165) is 11.5 Å². The van der Waals surface area contributed by atoms with Gasteiger partial charge in [-0.15, -0.1) is 0 Å². The summed E-state index contributed by atoms with van der Waals surface area (Å²) < 4.78 is 12.4. The highest BCUT2D eigenvalue weighted by molar-refractivity contribution is 5.32. The monoisotopic (exact) mass is 368 g/mol. The molecular weight excluding hydrogens is 332 g/mol. The molecule has 2 aromatic rings. The molecule has 2 nitrogen and oxygen atoms in total. The molecule has 0 aliphatic rings. The molecule has 27 heavy (non-hydrogen) atoms. The molecule has 0 bridgehead atoms. The van der Waals surface area contributed by atoms with E-state index in [0.29, 0.717) is 11.8 Å². The van der Waals surface area contributed by atoms with Crippen LogP contribution in [0.2, 0.25) is 0 Å². The van der Waals surface area contributed by atoms with Gasteiger partial charge in [-0.1, -0.05) is 78.8 Å². The van der Waals surface area contributed by atoms with Crippen molar-refractivity contribution in [3.05, 3.63) is 60.2 Å². The van der Waals surface area contributed by atoms with Crippen LogP contribution in [0.15, 0.2) is 54.6 Å². The summed E-state index contributed by atoms with van der Waals surface area (Å²) in [5.41, 5.74) is 1.55. The molecule has 2 rings (SSSR count). The second-order valence-electron chi connectivity index (χ2n) is 9.28. The molecule has 0 aromatic heterocycles. The van der Waals surface area contributed by atoms with Crippen LogP contribution in [-0.2, 0) is 0 Å². The van der Waals surface area contributed by atoms with Crippen LogP contribution in [0.1, 0.15) is 66.4 Å². The van der Waals surface area contributed by atoms with E-state index in [2.05, 4.69) is 66.7 Å². The molecule has 2 aromatic carbocycles. The van der Waals surface area contributed by atoms with Crippen molar-refractivity contribution in [2.75, 3.05) is 0 Å². The number of hydrogen-bond donors (Lipinski definition) is 0. The van der Waals surface area contributed by atoms with E-state index in [9.17, 15) is 0 Å². The van der Waals surface area contributed by atoms with Crippen LogP contribution in [0, 0.1) is 17.3 Å². The molecule has 0 aliphatic heterocycles. The van der Waals surface area contributed by atoms with Crippen molar-refractivity contribution in [2.45, 2.75) is 67.1 Å². The lowest BCUT2D eigenvalue weighted by Crippen LogP contribution is -2.29. The van der Waals surface area contributed by atoms with Crippen molar-refractivity contribution in [2.24, 2.45) is 17.3 Å². The van der Waals surface area contributed by atoms with Gasteiger partial charge >= 0.3 is 0 Å². The third kappa shape index (κ3) is 6.61. The molecular formula is C25H36O2. The second-order valence-corrected chi connectivity index (χ2v) is 9.28. The minimum atomic E-state index is -0.319. The van der Waals surface area contributed by atoms with E-state index >= 15 is 0 Å². The molecule has 0 radical (unpaired) electrons. The van der Waals surface area contributed by atoms with E-state index < -0.39 is 0 Å². The molecule has 0 heterocycles. The van der Waals surface area contributed by atoms with Crippen LogP contribution in [0.5, 0.6) is 11.5 Å². The molecule has 0 fully saturated rings. The Morgan fingerprint density at radius 3 is 1.93 bits per heavy atom. The molecule has 148 valence electrons. The van der Waals surface area contributed by atoms with Gasteiger partial charge in [0.25, 0.3) is 0 Å². The van der Waals surface area contributed by atoms with Crippen molar-refractivity contribution in [3.63, 3.8) is 0 Å². The van der Waals surface area contributed by atoms with Crippen LogP contribution in [-0.4, -0.2) is 6.29 Å². The third-order valence-corrected chi connectivity index (χ3v) is 4.80.